The van der Waals surface area contributed by atoms with Crippen LogP contribution in [-0.4, -0.2) is 16.7 Å². The number of hydrogen-bond donors (Lipinski definition) is 1. The fraction of sp³-hybridized carbons (Fsp3) is 0.312. The average Bonchev–Trinajstić information content (AvgIpc) is 2.81. The maximum atomic E-state index is 9.75. The van der Waals surface area contributed by atoms with Gasteiger partial charge in [0.05, 0.1) is 12.7 Å². The fourth-order valence-electron chi connectivity index (χ4n) is 2.48. The number of aryl methyl sites for hydroxylation is 1. The first-order valence-corrected chi connectivity index (χ1v) is 6.66. The lowest BCUT2D eigenvalue weighted by atomic mass is 10.1. The molecule has 2 aromatic rings. The van der Waals surface area contributed by atoms with Gasteiger partial charge in [0.25, 0.3) is 0 Å². The van der Waals surface area contributed by atoms with E-state index in [1.165, 1.54) is 5.56 Å². The molecule has 0 radical (unpaired) electrons. The maximum absolute atomic E-state index is 9.75. The van der Waals surface area contributed by atoms with Crippen molar-refractivity contribution in [2.24, 2.45) is 0 Å². The molecule has 1 aliphatic carbocycles. The second-order valence-electron chi connectivity index (χ2n) is 4.83. The van der Waals surface area contributed by atoms with Crippen molar-refractivity contribution in [2.45, 2.75) is 25.4 Å². The second kappa shape index (κ2) is 5.41. The van der Waals surface area contributed by atoms with Crippen LogP contribution < -0.4 is 4.74 Å². The summed E-state index contributed by atoms with van der Waals surface area (Å²) in [5.41, 5.74) is 3.30. The minimum absolute atomic E-state index is 0.294. The summed E-state index contributed by atoms with van der Waals surface area (Å²) in [6, 6.07) is 11.9. The number of ether oxygens (including phenoxy) is 1. The zero-order valence-electron chi connectivity index (χ0n) is 10.7. The highest BCUT2D eigenvalue weighted by atomic mass is 16.5. The standard InChI is InChI=1S/C16H17NO2/c18-16-7-4-12-11-14(5-6-15(12)16)19-10-8-13-3-1-2-9-17-13/h1-3,5-6,9,11,16,18H,4,7-8,10H2/t16-/m1/s1. The van der Waals surface area contributed by atoms with Crippen LogP contribution in [0, 0.1) is 0 Å². The summed E-state index contributed by atoms with van der Waals surface area (Å²) < 4.78 is 5.75. The number of benzene rings is 1. The van der Waals surface area contributed by atoms with Crippen LogP contribution in [0.15, 0.2) is 42.6 Å². The zero-order chi connectivity index (χ0) is 13.1. The lowest BCUT2D eigenvalue weighted by Gasteiger charge is -2.08. The summed E-state index contributed by atoms with van der Waals surface area (Å²) in [5, 5.41) is 9.75. The van der Waals surface area contributed by atoms with Gasteiger partial charge >= 0.3 is 0 Å². The first kappa shape index (κ1) is 12.2. The van der Waals surface area contributed by atoms with E-state index in [1.54, 1.807) is 6.20 Å². The van der Waals surface area contributed by atoms with Gasteiger partial charge in [-0.1, -0.05) is 12.1 Å². The van der Waals surface area contributed by atoms with E-state index in [2.05, 4.69) is 4.98 Å². The highest BCUT2D eigenvalue weighted by Crippen LogP contribution is 2.33. The summed E-state index contributed by atoms with van der Waals surface area (Å²) in [5.74, 6) is 0.879. The van der Waals surface area contributed by atoms with E-state index in [0.29, 0.717) is 6.61 Å². The number of aliphatic hydroxyl groups excluding tert-OH is 1. The van der Waals surface area contributed by atoms with E-state index in [0.717, 1.165) is 36.3 Å². The summed E-state index contributed by atoms with van der Waals surface area (Å²) in [6.45, 7) is 0.623. The van der Waals surface area contributed by atoms with E-state index in [1.807, 2.05) is 36.4 Å². The molecule has 0 amide bonds. The lowest BCUT2D eigenvalue weighted by molar-refractivity contribution is 0.180. The van der Waals surface area contributed by atoms with Gasteiger partial charge in [0.15, 0.2) is 0 Å². The molecule has 3 rings (SSSR count). The van der Waals surface area contributed by atoms with Crippen molar-refractivity contribution >= 4 is 0 Å². The third-order valence-corrected chi connectivity index (χ3v) is 3.51. The molecule has 0 spiro atoms. The van der Waals surface area contributed by atoms with Crippen LogP contribution in [0.25, 0.3) is 0 Å². The molecule has 1 aliphatic rings. The predicted molar refractivity (Wildman–Crippen MR) is 73.2 cm³/mol. The van der Waals surface area contributed by atoms with E-state index in [-0.39, 0.29) is 6.10 Å². The third kappa shape index (κ3) is 2.76. The smallest absolute Gasteiger partial charge is 0.119 e. The SMILES string of the molecule is O[C@@H]1CCc2cc(OCCc3ccccn3)ccc21. The maximum Gasteiger partial charge on any atom is 0.119 e. The molecule has 1 atom stereocenters. The Kier molecular flexibility index (Phi) is 3.47. The van der Waals surface area contributed by atoms with Crippen LogP contribution in [0.2, 0.25) is 0 Å². The van der Waals surface area contributed by atoms with Gasteiger partial charge in [-0.05, 0) is 48.2 Å². The molecule has 1 aromatic heterocycles. The molecule has 1 N–H and O–H groups in total. The van der Waals surface area contributed by atoms with Gasteiger partial charge in [-0.3, -0.25) is 4.98 Å². The molecule has 19 heavy (non-hydrogen) atoms. The molecule has 0 saturated heterocycles. The molecule has 0 bridgehead atoms. The van der Waals surface area contributed by atoms with Crippen LogP contribution in [0.3, 0.4) is 0 Å². The first-order valence-electron chi connectivity index (χ1n) is 6.66. The van der Waals surface area contributed by atoms with Gasteiger partial charge in [0, 0.05) is 18.3 Å². The van der Waals surface area contributed by atoms with Crippen LogP contribution in [-0.2, 0) is 12.8 Å². The number of pyridine rings is 1. The Morgan fingerprint density at radius 1 is 1.26 bits per heavy atom. The molecule has 0 fully saturated rings. The quantitative estimate of drug-likeness (QED) is 0.913. The topological polar surface area (TPSA) is 42.4 Å². The Hall–Kier alpha value is -1.87. The monoisotopic (exact) mass is 255 g/mol. The number of aromatic nitrogens is 1. The summed E-state index contributed by atoms with van der Waals surface area (Å²) in [7, 11) is 0. The Bertz CT molecular complexity index is 554. The Morgan fingerprint density at radius 2 is 2.21 bits per heavy atom. The van der Waals surface area contributed by atoms with Crippen LogP contribution in [0.4, 0.5) is 0 Å². The minimum Gasteiger partial charge on any atom is -0.493 e. The summed E-state index contributed by atoms with van der Waals surface area (Å²) in [4.78, 5) is 4.26. The molecule has 3 heteroatoms. The number of nitrogens with zero attached hydrogens (tertiary/aromatic N) is 1. The van der Waals surface area contributed by atoms with Crippen molar-refractivity contribution in [3.8, 4) is 5.75 Å². The Balaban J connectivity index is 1.59. The van der Waals surface area contributed by atoms with E-state index in [4.69, 9.17) is 4.74 Å². The number of rotatable bonds is 4. The number of fused-ring (bicyclic) bond motifs is 1. The van der Waals surface area contributed by atoms with Gasteiger partial charge in [0.1, 0.15) is 5.75 Å². The molecular weight excluding hydrogens is 238 g/mol. The fourth-order valence-corrected chi connectivity index (χ4v) is 2.48. The van der Waals surface area contributed by atoms with Crippen molar-refractivity contribution in [2.75, 3.05) is 6.61 Å². The Morgan fingerprint density at radius 3 is 3.05 bits per heavy atom. The molecule has 0 saturated carbocycles. The molecule has 0 unspecified atom stereocenters. The molecular formula is C16H17NO2. The van der Waals surface area contributed by atoms with E-state index >= 15 is 0 Å². The summed E-state index contributed by atoms with van der Waals surface area (Å²) in [6.07, 6.45) is 4.07. The zero-order valence-corrected chi connectivity index (χ0v) is 10.7. The molecule has 98 valence electrons. The summed E-state index contributed by atoms with van der Waals surface area (Å²) >= 11 is 0. The van der Waals surface area contributed by atoms with Crippen LogP contribution in [0.5, 0.6) is 5.75 Å². The number of hydrogen-bond acceptors (Lipinski definition) is 3. The van der Waals surface area contributed by atoms with Crippen molar-refractivity contribution in [1.29, 1.82) is 0 Å². The highest BCUT2D eigenvalue weighted by molar-refractivity contribution is 5.39. The third-order valence-electron chi connectivity index (χ3n) is 3.51. The van der Waals surface area contributed by atoms with Crippen molar-refractivity contribution in [3.05, 3.63) is 59.4 Å². The normalized spacial score (nSPS) is 17.2. The van der Waals surface area contributed by atoms with Gasteiger partial charge in [-0.2, -0.15) is 0 Å². The molecule has 1 heterocycles. The number of aliphatic hydroxyl groups is 1. The van der Waals surface area contributed by atoms with Gasteiger partial charge in [-0.15, -0.1) is 0 Å². The lowest BCUT2D eigenvalue weighted by Crippen LogP contribution is -2.03. The first-order chi connectivity index (χ1) is 9.33. The average molecular weight is 255 g/mol. The Labute approximate surface area is 112 Å². The van der Waals surface area contributed by atoms with Crippen molar-refractivity contribution in [3.63, 3.8) is 0 Å². The highest BCUT2D eigenvalue weighted by Gasteiger charge is 2.20. The minimum atomic E-state index is -0.294. The second-order valence-corrected chi connectivity index (χ2v) is 4.83. The largest absolute Gasteiger partial charge is 0.493 e. The van der Waals surface area contributed by atoms with Gasteiger partial charge in [-0.25, -0.2) is 0 Å². The van der Waals surface area contributed by atoms with Crippen LogP contribution >= 0.6 is 0 Å². The van der Waals surface area contributed by atoms with Crippen molar-refractivity contribution in [1.82, 2.24) is 4.98 Å². The van der Waals surface area contributed by atoms with Crippen molar-refractivity contribution < 1.29 is 9.84 Å². The van der Waals surface area contributed by atoms with Crippen LogP contribution in [0.1, 0.15) is 29.3 Å². The molecule has 0 aliphatic heterocycles. The van der Waals surface area contributed by atoms with Gasteiger partial charge < -0.3 is 9.84 Å². The van der Waals surface area contributed by atoms with E-state index < -0.39 is 0 Å². The van der Waals surface area contributed by atoms with Gasteiger partial charge in [0.2, 0.25) is 0 Å². The predicted octanol–water partition coefficient (Wildman–Crippen LogP) is 2.68. The van der Waals surface area contributed by atoms with E-state index in [9.17, 15) is 5.11 Å². The molecule has 3 nitrogen and oxygen atoms in total. The molecule has 1 aromatic carbocycles.